The Bertz CT molecular complexity index is 632. The van der Waals surface area contributed by atoms with E-state index < -0.39 is 0 Å². The smallest absolute Gasteiger partial charge is 0.130 e. The van der Waals surface area contributed by atoms with Gasteiger partial charge in [-0.05, 0) is 56.3 Å². The highest BCUT2D eigenvalue weighted by atomic mass is 16.5. The van der Waals surface area contributed by atoms with Crippen molar-refractivity contribution in [2.24, 2.45) is 0 Å². The zero-order chi connectivity index (χ0) is 16.7. The molecule has 0 saturated carbocycles. The molecule has 0 aliphatic carbocycles. The van der Waals surface area contributed by atoms with Gasteiger partial charge in [0, 0.05) is 13.0 Å². The summed E-state index contributed by atoms with van der Waals surface area (Å²) in [6.45, 7) is 3.23. The van der Waals surface area contributed by atoms with E-state index in [9.17, 15) is 4.79 Å². The third-order valence-corrected chi connectivity index (χ3v) is 3.69. The molecule has 0 saturated heterocycles. The molecule has 0 N–H and O–H groups in total. The number of likely N-dealkylation sites (N-methyl/N-ethyl adjacent to an activating group) is 1. The standard InChI is InChI=1S/C20H25NO2/c1-16(22)7-8-17-5-4-6-19(15-17)18-9-11-20(12-10-18)23-14-13-21(2)3/h4-6,9-12,15H,7-8,13-14H2,1-3H3. The van der Waals surface area contributed by atoms with E-state index in [2.05, 4.69) is 35.2 Å². The molecule has 122 valence electrons. The fourth-order valence-corrected chi connectivity index (χ4v) is 2.32. The summed E-state index contributed by atoms with van der Waals surface area (Å²) < 4.78 is 5.72. The van der Waals surface area contributed by atoms with E-state index in [0.717, 1.165) is 24.3 Å². The predicted octanol–water partition coefficient (Wildman–Crippen LogP) is 3.82. The van der Waals surface area contributed by atoms with Gasteiger partial charge in [0.15, 0.2) is 0 Å². The lowest BCUT2D eigenvalue weighted by atomic mass is 10.0. The molecule has 0 aliphatic rings. The van der Waals surface area contributed by atoms with Crippen molar-refractivity contribution < 1.29 is 9.53 Å². The molecule has 0 unspecified atom stereocenters. The molecule has 0 atom stereocenters. The van der Waals surface area contributed by atoms with E-state index in [1.54, 1.807) is 6.92 Å². The van der Waals surface area contributed by atoms with Gasteiger partial charge in [-0.3, -0.25) is 0 Å². The molecule has 2 aromatic carbocycles. The highest BCUT2D eigenvalue weighted by Gasteiger charge is 2.02. The summed E-state index contributed by atoms with van der Waals surface area (Å²) in [6.07, 6.45) is 1.40. The first-order valence-corrected chi connectivity index (χ1v) is 8.01. The van der Waals surface area contributed by atoms with Gasteiger partial charge in [-0.15, -0.1) is 0 Å². The molecule has 3 heteroatoms. The summed E-state index contributed by atoms with van der Waals surface area (Å²) in [6, 6.07) is 16.5. The third-order valence-electron chi connectivity index (χ3n) is 3.69. The van der Waals surface area contributed by atoms with Crippen molar-refractivity contribution >= 4 is 5.78 Å². The molecule has 0 heterocycles. The number of nitrogens with zero attached hydrogens (tertiary/aromatic N) is 1. The van der Waals surface area contributed by atoms with Crippen LogP contribution in [0.3, 0.4) is 0 Å². The van der Waals surface area contributed by atoms with Crippen LogP contribution in [0.2, 0.25) is 0 Å². The Morgan fingerprint density at radius 3 is 2.43 bits per heavy atom. The minimum Gasteiger partial charge on any atom is -0.492 e. The van der Waals surface area contributed by atoms with E-state index in [0.29, 0.717) is 13.0 Å². The number of benzene rings is 2. The molecule has 23 heavy (non-hydrogen) atoms. The number of Topliss-reactive ketones (excluding diaryl/α,β-unsaturated/α-hetero) is 1. The Morgan fingerprint density at radius 2 is 1.78 bits per heavy atom. The van der Waals surface area contributed by atoms with Crippen LogP contribution >= 0.6 is 0 Å². The molecule has 0 spiro atoms. The first-order chi connectivity index (χ1) is 11.0. The average molecular weight is 311 g/mol. The number of rotatable bonds is 8. The topological polar surface area (TPSA) is 29.5 Å². The van der Waals surface area contributed by atoms with Crippen molar-refractivity contribution in [3.05, 3.63) is 54.1 Å². The van der Waals surface area contributed by atoms with E-state index in [-0.39, 0.29) is 5.78 Å². The van der Waals surface area contributed by atoms with Gasteiger partial charge in [-0.2, -0.15) is 0 Å². The van der Waals surface area contributed by atoms with Crippen molar-refractivity contribution in [3.8, 4) is 16.9 Å². The van der Waals surface area contributed by atoms with Crippen LogP contribution in [0.4, 0.5) is 0 Å². The molecule has 0 fully saturated rings. The molecule has 0 amide bonds. The quantitative estimate of drug-likeness (QED) is 0.742. The first kappa shape index (κ1) is 17.2. The van der Waals surface area contributed by atoms with Gasteiger partial charge >= 0.3 is 0 Å². The number of hydrogen-bond donors (Lipinski definition) is 0. The molecule has 0 bridgehead atoms. The van der Waals surface area contributed by atoms with Crippen LogP contribution in [0.25, 0.3) is 11.1 Å². The molecule has 0 aromatic heterocycles. The highest BCUT2D eigenvalue weighted by Crippen LogP contribution is 2.23. The number of carbonyl (C=O) groups excluding carboxylic acids is 1. The molecule has 2 rings (SSSR count). The van der Waals surface area contributed by atoms with Crippen LogP contribution in [0.5, 0.6) is 5.75 Å². The lowest BCUT2D eigenvalue weighted by Gasteiger charge is -2.11. The maximum Gasteiger partial charge on any atom is 0.130 e. The van der Waals surface area contributed by atoms with Crippen LogP contribution in [0.15, 0.2) is 48.5 Å². The monoisotopic (exact) mass is 311 g/mol. The summed E-state index contributed by atoms with van der Waals surface area (Å²) >= 11 is 0. The number of carbonyl (C=O) groups is 1. The molecule has 2 aromatic rings. The lowest BCUT2D eigenvalue weighted by Crippen LogP contribution is -2.19. The van der Waals surface area contributed by atoms with E-state index in [4.69, 9.17) is 4.74 Å². The Balaban J connectivity index is 2.01. The second kappa shape index (κ2) is 8.49. The SMILES string of the molecule is CC(=O)CCc1cccc(-c2ccc(OCCN(C)C)cc2)c1. The number of hydrogen-bond acceptors (Lipinski definition) is 3. The van der Waals surface area contributed by atoms with Crippen LogP contribution in [0.1, 0.15) is 18.9 Å². The van der Waals surface area contributed by atoms with Crippen molar-refractivity contribution in [3.63, 3.8) is 0 Å². The Hall–Kier alpha value is -2.13. The van der Waals surface area contributed by atoms with Crippen molar-refractivity contribution in [1.82, 2.24) is 4.90 Å². The molecular formula is C20H25NO2. The van der Waals surface area contributed by atoms with Crippen LogP contribution in [0, 0.1) is 0 Å². The van der Waals surface area contributed by atoms with Gasteiger partial charge < -0.3 is 14.4 Å². The summed E-state index contributed by atoms with van der Waals surface area (Å²) in [5, 5.41) is 0. The Morgan fingerprint density at radius 1 is 1.04 bits per heavy atom. The van der Waals surface area contributed by atoms with E-state index >= 15 is 0 Å². The molecule has 0 radical (unpaired) electrons. The van der Waals surface area contributed by atoms with Gasteiger partial charge in [0.1, 0.15) is 18.1 Å². The molecule has 0 aliphatic heterocycles. The van der Waals surface area contributed by atoms with E-state index in [1.807, 2.05) is 32.3 Å². The third kappa shape index (κ3) is 5.87. The normalized spacial score (nSPS) is 10.8. The van der Waals surface area contributed by atoms with Gasteiger partial charge in [-0.1, -0.05) is 36.4 Å². The first-order valence-electron chi connectivity index (χ1n) is 8.01. The second-order valence-corrected chi connectivity index (χ2v) is 6.08. The molecule has 3 nitrogen and oxygen atoms in total. The summed E-state index contributed by atoms with van der Waals surface area (Å²) in [5.74, 6) is 1.12. The largest absolute Gasteiger partial charge is 0.492 e. The van der Waals surface area contributed by atoms with E-state index in [1.165, 1.54) is 11.1 Å². The Labute approximate surface area is 138 Å². The minimum absolute atomic E-state index is 0.231. The predicted molar refractivity (Wildman–Crippen MR) is 94.9 cm³/mol. The molecular weight excluding hydrogens is 286 g/mol. The van der Waals surface area contributed by atoms with Crippen LogP contribution < -0.4 is 4.74 Å². The second-order valence-electron chi connectivity index (χ2n) is 6.08. The van der Waals surface area contributed by atoms with Crippen molar-refractivity contribution in [2.75, 3.05) is 27.2 Å². The maximum absolute atomic E-state index is 11.1. The number of ether oxygens (including phenoxy) is 1. The van der Waals surface area contributed by atoms with Crippen molar-refractivity contribution in [1.29, 1.82) is 0 Å². The van der Waals surface area contributed by atoms with Crippen LogP contribution in [-0.2, 0) is 11.2 Å². The lowest BCUT2D eigenvalue weighted by molar-refractivity contribution is -0.116. The average Bonchev–Trinajstić information content (AvgIpc) is 2.53. The summed E-state index contributed by atoms with van der Waals surface area (Å²) in [4.78, 5) is 13.2. The minimum atomic E-state index is 0.231. The summed E-state index contributed by atoms with van der Waals surface area (Å²) in [7, 11) is 4.07. The zero-order valence-electron chi connectivity index (χ0n) is 14.2. The van der Waals surface area contributed by atoms with Gasteiger partial charge in [0.05, 0.1) is 0 Å². The van der Waals surface area contributed by atoms with Crippen molar-refractivity contribution in [2.45, 2.75) is 19.8 Å². The van der Waals surface area contributed by atoms with Crippen LogP contribution in [-0.4, -0.2) is 37.9 Å². The number of ketones is 1. The number of aryl methyl sites for hydroxylation is 1. The fourth-order valence-electron chi connectivity index (χ4n) is 2.32. The highest BCUT2D eigenvalue weighted by molar-refractivity contribution is 5.75. The van der Waals surface area contributed by atoms with Gasteiger partial charge in [0.2, 0.25) is 0 Å². The fraction of sp³-hybridized carbons (Fsp3) is 0.350. The maximum atomic E-state index is 11.1. The van der Waals surface area contributed by atoms with Gasteiger partial charge in [-0.25, -0.2) is 0 Å². The van der Waals surface area contributed by atoms with Gasteiger partial charge in [0.25, 0.3) is 0 Å². The summed E-state index contributed by atoms with van der Waals surface area (Å²) in [5.41, 5.74) is 3.53. The Kier molecular flexibility index (Phi) is 6.36. The zero-order valence-corrected chi connectivity index (χ0v) is 14.2.